The molecule has 0 atom stereocenters. The minimum atomic E-state index is -1.50. The zero-order valence-corrected chi connectivity index (χ0v) is 29.9. The van der Waals surface area contributed by atoms with Crippen LogP contribution in [0.3, 0.4) is 0 Å². The Labute approximate surface area is 299 Å². The molecule has 0 aliphatic rings. The first-order chi connectivity index (χ1) is 24.9. The molecule has 0 saturated heterocycles. The molecule has 0 aromatic heterocycles. The number of hydrogen-bond acceptors (Lipinski definition) is 3. The largest absolute Gasteiger partial charge is 0.309 e. The van der Waals surface area contributed by atoms with Gasteiger partial charge in [-0.1, -0.05) is 140 Å². The highest BCUT2D eigenvalue weighted by molar-refractivity contribution is 6.88. The molecule has 0 heterocycles. The molecule has 0 amide bonds. The second kappa shape index (κ2) is 12.8. The molecule has 0 spiro atoms. The van der Waals surface area contributed by atoms with Crippen LogP contribution in [0, 0.1) is 22.7 Å². The minimum Gasteiger partial charge on any atom is -0.309 e. The van der Waals surface area contributed by atoms with Gasteiger partial charge in [-0.2, -0.15) is 10.5 Å². The summed E-state index contributed by atoms with van der Waals surface area (Å²) < 4.78 is 0. The molecule has 0 N–H and O–H groups in total. The van der Waals surface area contributed by atoms with E-state index < -0.39 is 8.07 Å². The maximum absolute atomic E-state index is 10.2. The van der Waals surface area contributed by atoms with E-state index in [1.165, 1.54) is 21.3 Å². The summed E-state index contributed by atoms with van der Waals surface area (Å²) in [6.45, 7) is 7.11. The second-order valence-electron chi connectivity index (χ2n) is 14.0. The first-order valence-corrected chi connectivity index (χ1v) is 20.7. The maximum Gasteiger partial charge on any atom is 0.101 e. The van der Waals surface area contributed by atoms with Crippen molar-refractivity contribution in [2.24, 2.45) is 0 Å². The summed E-state index contributed by atoms with van der Waals surface area (Å²) >= 11 is 0. The summed E-state index contributed by atoms with van der Waals surface area (Å²) in [6, 6.07) is 57.5. The molecule has 8 aromatic carbocycles. The summed E-state index contributed by atoms with van der Waals surface area (Å²) in [7, 11) is -1.50. The summed E-state index contributed by atoms with van der Waals surface area (Å²) in [5.74, 6) is 0. The van der Waals surface area contributed by atoms with Gasteiger partial charge >= 0.3 is 0 Å². The average molecular weight is 670 g/mol. The minimum absolute atomic E-state index is 0.613. The maximum atomic E-state index is 10.2. The van der Waals surface area contributed by atoms with Crippen LogP contribution in [0.15, 0.2) is 152 Å². The quantitative estimate of drug-likeness (QED) is 0.0964. The third-order valence-electron chi connectivity index (χ3n) is 9.90. The van der Waals surface area contributed by atoms with Gasteiger partial charge in [0.15, 0.2) is 0 Å². The third kappa shape index (κ3) is 5.63. The lowest BCUT2D eigenvalue weighted by molar-refractivity contribution is 1.28. The first kappa shape index (κ1) is 31.8. The number of anilines is 3. The van der Waals surface area contributed by atoms with Crippen LogP contribution in [-0.4, -0.2) is 8.07 Å². The Morgan fingerprint density at radius 2 is 1.14 bits per heavy atom. The van der Waals surface area contributed by atoms with Gasteiger partial charge in [-0.25, -0.2) is 0 Å². The van der Waals surface area contributed by atoms with Gasteiger partial charge in [-0.05, 0) is 91.7 Å². The van der Waals surface area contributed by atoms with E-state index in [4.69, 9.17) is 0 Å². The molecule has 8 rings (SSSR count). The highest BCUT2D eigenvalue weighted by Gasteiger charge is 2.22. The van der Waals surface area contributed by atoms with Crippen molar-refractivity contribution < 1.29 is 0 Å². The smallest absolute Gasteiger partial charge is 0.101 e. The van der Waals surface area contributed by atoms with Gasteiger partial charge in [0.1, 0.15) is 6.07 Å². The van der Waals surface area contributed by atoms with E-state index >= 15 is 0 Å². The van der Waals surface area contributed by atoms with Crippen LogP contribution in [0.2, 0.25) is 19.6 Å². The lowest BCUT2D eigenvalue weighted by Gasteiger charge is -2.28. The Bertz CT molecular complexity index is 2690. The highest BCUT2D eigenvalue weighted by Crippen LogP contribution is 2.46. The van der Waals surface area contributed by atoms with E-state index in [9.17, 15) is 10.5 Å². The van der Waals surface area contributed by atoms with Gasteiger partial charge in [0.25, 0.3) is 0 Å². The average Bonchev–Trinajstić information content (AvgIpc) is 3.17. The first-order valence-electron chi connectivity index (χ1n) is 17.2. The van der Waals surface area contributed by atoms with E-state index in [1.54, 1.807) is 0 Å². The monoisotopic (exact) mass is 669 g/mol. The predicted molar refractivity (Wildman–Crippen MR) is 217 cm³/mol. The van der Waals surface area contributed by atoms with Crippen LogP contribution in [-0.2, 0) is 0 Å². The zero-order valence-electron chi connectivity index (χ0n) is 28.9. The normalized spacial score (nSPS) is 11.9. The Morgan fingerprint density at radius 1 is 0.549 bits per heavy atom. The Kier molecular flexibility index (Phi) is 7.96. The van der Waals surface area contributed by atoms with Crippen molar-refractivity contribution in [1.29, 1.82) is 10.5 Å². The zero-order chi connectivity index (χ0) is 35.1. The molecule has 242 valence electrons. The molecule has 0 fully saturated rings. The van der Waals surface area contributed by atoms with Crippen LogP contribution in [0.25, 0.3) is 44.0 Å². The number of nitriles is 2. The van der Waals surface area contributed by atoms with E-state index in [1.807, 2.05) is 66.7 Å². The third-order valence-corrected chi connectivity index (χ3v) is 12.0. The SMILES string of the molecule is C[Si](C)(C)c1ccc(/C(=C\c2ccccc2C#N)c2ccc3ccc4c(N(c5ccccc5)c5ccccc5C#N)ccc5ccc2c3c54)cc1. The van der Waals surface area contributed by atoms with Gasteiger partial charge in [0.05, 0.1) is 36.6 Å². The molecule has 0 unspecified atom stereocenters. The molecule has 0 aliphatic carbocycles. The summed E-state index contributed by atoms with van der Waals surface area (Å²) in [5, 5.41) is 28.6. The van der Waals surface area contributed by atoms with Gasteiger partial charge in [0, 0.05) is 11.1 Å². The molecule has 51 heavy (non-hydrogen) atoms. The number of para-hydroxylation sites is 2. The fourth-order valence-corrected chi connectivity index (χ4v) is 8.48. The van der Waals surface area contributed by atoms with Crippen molar-refractivity contribution in [2.75, 3.05) is 4.90 Å². The van der Waals surface area contributed by atoms with Crippen molar-refractivity contribution in [3.05, 3.63) is 179 Å². The molecular weight excluding hydrogens is 635 g/mol. The molecule has 0 bridgehead atoms. The van der Waals surface area contributed by atoms with Crippen LogP contribution in [0.4, 0.5) is 17.1 Å². The highest BCUT2D eigenvalue weighted by atomic mass is 28.3. The van der Waals surface area contributed by atoms with Crippen LogP contribution in [0.5, 0.6) is 0 Å². The summed E-state index contributed by atoms with van der Waals surface area (Å²) in [6.07, 6.45) is 2.18. The molecular formula is C47H35N3Si. The van der Waals surface area contributed by atoms with E-state index in [0.717, 1.165) is 55.5 Å². The number of benzene rings is 8. The molecule has 3 nitrogen and oxygen atoms in total. The topological polar surface area (TPSA) is 50.8 Å². The molecule has 0 radical (unpaired) electrons. The molecule has 0 saturated carbocycles. The molecule has 8 aromatic rings. The second-order valence-corrected chi connectivity index (χ2v) is 19.1. The van der Waals surface area contributed by atoms with Crippen LogP contribution >= 0.6 is 0 Å². The summed E-state index contributed by atoms with van der Waals surface area (Å²) in [4.78, 5) is 2.20. The number of hydrogen-bond donors (Lipinski definition) is 0. The van der Waals surface area contributed by atoms with Crippen LogP contribution < -0.4 is 10.1 Å². The lowest BCUT2D eigenvalue weighted by atomic mass is 9.86. The molecule has 4 heteroatoms. The Balaban J connectivity index is 1.41. The lowest BCUT2D eigenvalue weighted by Crippen LogP contribution is -2.37. The standard InChI is InChI=1S/C47H35N3Si/c1-51(2,3)39-23-17-32(18-24-39)43(29-35-11-7-8-12-36(35)30-48)40-25-19-33-21-27-42-45(28-22-34-20-26-41(40)46(33)47(34)42)50(38-14-5-4-6-15-38)44-16-10-9-13-37(44)31-49/h4-29H,1-3H3/b43-29+. The Hall–Kier alpha value is -6.46. The fraction of sp³-hybridized carbons (Fsp3) is 0.0638. The van der Waals surface area contributed by atoms with Crippen molar-refractivity contribution >= 4 is 74.3 Å². The van der Waals surface area contributed by atoms with Gasteiger partial charge in [-0.15, -0.1) is 0 Å². The van der Waals surface area contributed by atoms with E-state index in [2.05, 4.69) is 128 Å². The van der Waals surface area contributed by atoms with E-state index in [0.29, 0.717) is 11.1 Å². The van der Waals surface area contributed by atoms with Gasteiger partial charge in [0.2, 0.25) is 0 Å². The summed E-state index contributed by atoms with van der Waals surface area (Å²) in [5.41, 5.74) is 8.30. The van der Waals surface area contributed by atoms with E-state index in [-0.39, 0.29) is 0 Å². The number of nitrogens with zero attached hydrogens (tertiary/aromatic N) is 3. The van der Waals surface area contributed by atoms with Crippen molar-refractivity contribution in [2.45, 2.75) is 19.6 Å². The Morgan fingerprint density at radius 3 is 1.84 bits per heavy atom. The van der Waals surface area contributed by atoms with Crippen LogP contribution in [0.1, 0.15) is 27.8 Å². The van der Waals surface area contributed by atoms with Gasteiger partial charge in [-0.3, -0.25) is 0 Å². The van der Waals surface area contributed by atoms with Gasteiger partial charge < -0.3 is 4.90 Å². The fourth-order valence-electron chi connectivity index (χ4n) is 7.31. The van der Waals surface area contributed by atoms with Crippen molar-refractivity contribution in [3.8, 4) is 12.1 Å². The molecule has 0 aliphatic heterocycles. The number of rotatable bonds is 7. The van der Waals surface area contributed by atoms with Crippen molar-refractivity contribution in [3.63, 3.8) is 0 Å². The van der Waals surface area contributed by atoms with Crippen molar-refractivity contribution in [1.82, 2.24) is 0 Å². The predicted octanol–water partition coefficient (Wildman–Crippen LogP) is 11.9.